The highest BCUT2D eigenvalue weighted by Crippen LogP contribution is 2.14. The number of aliphatic hydroxyl groups excluding tert-OH is 1. The monoisotopic (exact) mass is 208 g/mol. The second kappa shape index (κ2) is 4.36. The van der Waals surface area contributed by atoms with Crippen molar-refractivity contribution in [2.45, 2.75) is 18.1 Å². The lowest BCUT2D eigenvalue weighted by Crippen LogP contribution is -2.56. The summed E-state index contributed by atoms with van der Waals surface area (Å²) in [5.74, 6) is 0. The topological polar surface area (TPSA) is 83.6 Å². The van der Waals surface area contributed by atoms with E-state index in [1.807, 2.05) is 4.90 Å². The molecule has 3 N–H and O–H groups in total. The van der Waals surface area contributed by atoms with Crippen LogP contribution in [0, 0.1) is 0 Å². The van der Waals surface area contributed by atoms with Gasteiger partial charge in [0, 0.05) is 19.7 Å². The van der Waals surface area contributed by atoms with Crippen LogP contribution in [-0.2, 0) is 10.0 Å². The first-order valence-electron chi connectivity index (χ1n) is 4.39. The van der Waals surface area contributed by atoms with Gasteiger partial charge in [0.1, 0.15) is 5.25 Å². The van der Waals surface area contributed by atoms with Gasteiger partial charge in [0.05, 0.1) is 0 Å². The summed E-state index contributed by atoms with van der Waals surface area (Å²) in [4.78, 5) is 2.03. The van der Waals surface area contributed by atoms with Gasteiger partial charge in [-0.2, -0.15) is 0 Å². The molecule has 0 unspecified atom stereocenters. The van der Waals surface area contributed by atoms with Gasteiger partial charge in [-0.05, 0) is 19.4 Å². The van der Waals surface area contributed by atoms with Crippen LogP contribution in [-0.4, -0.2) is 49.9 Å². The average molecular weight is 208 g/mol. The van der Waals surface area contributed by atoms with Crippen LogP contribution in [0.3, 0.4) is 0 Å². The fourth-order valence-corrected chi connectivity index (χ4v) is 2.20. The lowest BCUT2D eigenvalue weighted by Gasteiger charge is -2.37. The Morgan fingerprint density at radius 1 is 1.38 bits per heavy atom. The van der Waals surface area contributed by atoms with Crippen LogP contribution in [0.2, 0.25) is 0 Å². The Bertz CT molecular complexity index is 246. The third-order valence-electron chi connectivity index (χ3n) is 2.27. The first kappa shape index (κ1) is 10.9. The Hall–Kier alpha value is -0.170. The predicted molar refractivity (Wildman–Crippen MR) is 49.7 cm³/mol. The minimum absolute atomic E-state index is 0.201. The van der Waals surface area contributed by atoms with E-state index < -0.39 is 10.0 Å². The van der Waals surface area contributed by atoms with Gasteiger partial charge in [-0.25, -0.2) is 13.6 Å². The number of rotatable bonds is 5. The largest absolute Gasteiger partial charge is 0.396 e. The predicted octanol–water partition coefficient (Wildman–Crippen LogP) is -1.27. The fraction of sp³-hybridized carbons (Fsp3) is 1.00. The van der Waals surface area contributed by atoms with Crippen LogP contribution in [0.4, 0.5) is 0 Å². The first-order valence-corrected chi connectivity index (χ1v) is 6.00. The van der Waals surface area contributed by atoms with E-state index in [1.165, 1.54) is 0 Å². The van der Waals surface area contributed by atoms with E-state index in [-0.39, 0.29) is 11.9 Å². The smallest absolute Gasteiger partial charge is 0.214 e. The van der Waals surface area contributed by atoms with Crippen molar-refractivity contribution in [3.05, 3.63) is 0 Å². The highest BCUT2D eigenvalue weighted by molar-refractivity contribution is 7.89. The normalized spacial score (nSPS) is 20.2. The standard InChI is InChI=1S/C7H16N2O3S/c8-13(11,12)7-5-9(6-7)3-1-2-4-10/h7,10H,1-6H2,(H2,8,11,12). The summed E-state index contributed by atoms with van der Waals surface area (Å²) in [6.07, 6.45) is 1.68. The number of likely N-dealkylation sites (tertiary alicyclic amines) is 1. The lowest BCUT2D eigenvalue weighted by atomic mass is 10.2. The molecule has 0 bridgehead atoms. The molecule has 0 aliphatic carbocycles. The van der Waals surface area contributed by atoms with Crippen molar-refractivity contribution in [3.8, 4) is 0 Å². The van der Waals surface area contributed by atoms with Gasteiger partial charge in [0.15, 0.2) is 0 Å². The van der Waals surface area contributed by atoms with E-state index in [4.69, 9.17) is 10.2 Å². The number of nitrogens with two attached hydrogens (primary N) is 1. The van der Waals surface area contributed by atoms with Crippen molar-refractivity contribution in [1.29, 1.82) is 0 Å². The summed E-state index contributed by atoms with van der Waals surface area (Å²) in [6.45, 7) is 2.15. The number of aliphatic hydroxyl groups is 1. The number of unbranched alkanes of at least 4 members (excludes halogenated alkanes) is 1. The summed E-state index contributed by atoms with van der Waals surface area (Å²) in [5, 5.41) is 13.1. The zero-order valence-electron chi connectivity index (χ0n) is 7.52. The van der Waals surface area contributed by atoms with E-state index in [0.29, 0.717) is 13.1 Å². The highest BCUT2D eigenvalue weighted by Gasteiger charge is 2.34. The van der Waals surface area contributed by atoms with Crippen LogP contribution in [0.25, 0.3) is 0 Å². The van der Waals surface area contributed by atoms with Crippen LogP contribution in [0.15, 0.2) is 0 Å². The van der Waals surface area contributed by atoms with Crippen LogP contribution in [0.5, 0.6) is 0 Å². The maximum Gasteiger partial charge on any atom is 0.214 e. The Labute approximate surface area is 78.6 Å². The minimum atomic E-state index is -3.32. The molecule has 0 aromatic rings. The van der Waals surface area contributed by atoms with Gasteiger partial charge in [-0.1, -0.05) is 0 Å². The zero-order chi connectivity index (χ0) is 9.90. The molecule has 1 saturated heterocycles. The van der Waals surface area contributed by atoms with E-state index >= 15 is 0 Å². The number of hydrogen-bond acceptors (Lipinski definition) is 4. The van der Waals surface area contributed by atoms with Gasteiger partial charge in [0.25, 0.3) is 0 Å². The molecular formula is C7H16N2O3S. The van der Waals surface area contributed by atoms with Gasteiger partial charge < -0.3 is 10.0 Å². The van der Waals surface area contributed by atoms with Crippen LogP contribution in [0.1, 0.15) is 12.8 Å². The molecule has 0 radical (unpaired) electrons. The van der Waals surface area contributed by atoms with Crippen molar-refractivity contribution in [2.75, 3.05) is 26.2 Å². The SMILES string of the molecule is NS(=O)(=O)C1CN(CCCCO)C1. The molecule has 1 fully saturated rings. The van der Waals surface area contributed by atoms with Gasteiger partial charge >= 0.3 is 0 Å². The second-order valence-electron chi connectivity index (χ2n) is 3.40. The Morgan fingerprint density at radius 3 is 2.46 bits per heavy atom. The lowest BCUT2D eigenvalue weighted by molar-refractivity contribution is 0.174. The molecule has 0 saturated carbocycles. The molecule has 0 aromatic heterocycles. The Balaban J connectivity index is 2.12. The Morgan fingerprint density at radius 2 is 2.00 bits per heavy atom. The zero-order valence-corrected chi connectivity index (χ0v) is 8.33. The molecule has 1 aliphatic rings. The summed E-state index contributed by atoms with van der Waals surface area (Å²) >= 11 is 0. The summed E-state index contributed by atoms with van der Waals surface area (Å²) < 4.78 is 21.6. The van der Waals surface area contributed by atoms with Crippen LogP contribution >= 0.6 is 0 Å². The van der Waals surface area contributed by atoms with E-state index in [2.05, 4.69) is 0 Å². The van der Waals surface area contributed by atoms with Crippen molar-refractivity contribution in [1.82, 2.24) is 4.90 Å². The van der Waals surface area contributed by atoms with E-state index in [9.17, 15) is 8.42 Å². The minimum Gasteiger partial charge on any atom is -0.396 e. The first-order chi connectivity index (χ1) is 6.04. The quantitative estimate of drug-likeness (QED) is 0.552. The van der Waals surface area contributed by atoms with Gasteiger partial charge in [-0.3, -0.25) is 0 Å². The number of sulfonamides is 1. The highest BCUT2D eigenvalue weighted by atomic mass is 32.2. The number of hydrogen-bond donors (Lipinski definition) is 2. The third-order valence-corrected chi connectivity index (χ3v) is 3.50. The molecule has 5 nitrogen and oxygen atoms in total. The second-order valence-corrected chi connectivity index (χ2v) is 5.25. The molecule has 0 amide bonds. The third kappa shape index (κ3) is 3.22. The maximum absolute atomic E-state index is 10.8. The van der Waals surface area contributed by atoms with E-state index in [1.54, 1.807) is 0 Å². The summed E-state index contributed by atoms with van der Waals surface area (Å²) in [5.41, 5.74) is 0. The summed E-state index contributed by atoms with van der Waals surface area (Å²) in [7, 11) is -3.32. The van der Waals surface area contributed by atoms with E-state index in [0.717, 1.165) is 19.4 Å². The molecule has 1 aliphatic heterocycles. The van der Waals surface area contributed by atoms with Gasteiger partial charge in [-0.15, -0.1) is 0 Å². The molecule has 0 atom stereocenters. The summed E-state index contributed by atoms with van der Waals surface area (Å²) in [6, 6.07) is 0. The van der Waals surface area contributed by atoms with Gasteiger partial charge in [0.2, 0.25) is 10.0 Å². The van der Waals surface area contributed by atoms with Crippen molar-refractivity contribution < 1.29 is 13.5 Å². The Kier molecular flexibility index (Phi) is 3.66. The molecular weight excluding hydrogens is 192 g/mol. The molecule has 0 spiro atoms. The van der Waals surface area contributed by atoms with Crippen LogP contribution < -0.4 is 5.14 Å². The molecule has 78 valence electrons. The molecule has 1 rings (SSSR count). The average Bonchev–Trinajstić information content (AvgIpc) is 1.91. The number of primary sulfonamides is 1. The molecule has 6 heteroatoms. The molecule has 0 aromatic carbocycles. The van der Waals surface area contributed by atoms with Crippen molar-refractivity contribution in [2.24, 2.45) is 5.14 Å². The van der Waals surface area contributed by atoms with Crippen molar-refractivity contribution >= 4 is 10.0 Å². The number of nitrogens with zero attached hydrogens (tertiary/aromatic N) is 1. The molecule has 13 heavy (non-hydrogen) atoms. The fourth-order valence-electron chi connectivity index (χ4n) is 1.36. The van der Waals surface area contributed by atoms with Crippen molar-refractivity contribution in [3.63, 3.8) is 0 Å². The molecule has 1 heterocycles. The maximum atomic E-state index is 10.8.